The lowest BCUT2D eigenvalue weighted by molar-refractivity contribution is -0.143. The molecule has 0 saturated heterocycles. The molecule has 6 nitrogen and oxygen atoms in total. The van der Waals surface area contributed by atoms with E-state index in [0.717, 1.165) is 23.7 Å². The second kappa shape index (κ2) is 7.97. The van der Waals surface area contributed by atoms with Gasteiger partial charge in [0.1, 0.15) is 17.9 Å². The zero-order chi connectivity index (χ0) is 15.8. The van der Waals surface area contributed by atoms with Gasteiger partial charge in [-0.2, -0.15) is 0 Å². The Labute approximate surface area is 128 Å². The van der Waals surface area contributed by atoms with E-state index in [1.165, 1.54) is 0 Å². The zero-order valence-electron chi connectivity index (χ0n) is 12.5. The lowest BCUT2D eigenvalue weighted by atomic mass is 10.2. The Hall–Kier alpha value is -2.63. The van der Waals surface area contributed by atoms with Crippen molar-refractivity contribution in [1.29, 1.82) is 0 Å². The van der Waals surface area contributed by atoms with Gasteiger partial charge < -0.3 is 15.3 Å². The number of carbonyl (C=O) groups is 1. The van der Waals surface area contributed by atoms with E-state index in [-0.39, 0.29) is 12.4 Å². The molecule has 0 fully saturated rings. The molecule has 0 aliphatic carbocycles. The van der Waals surface area contributed by atoms with Crippen LogP contribution >= 0.6 is 0 Å². The first-order chi connectivity index (χ1) is 10.7. The number of ether oxygens (including phenoxy) is 1. The molecule has 0 radical (unpaired) electrons. The van der Waals surface area contributed by atoms with Crippen LogP contribution in [-0.4, -0.2) is 23.4 Å². The minimum absolute atomic E-state index is 0.0245. The molecule has 2 rings (SSSR count). The molecule has 0 saturated carbocycles. The highest BCUT2D eigenvalue weighted by molar-refractivity contribution is 5.86. The van der Waals surface area contributed by atoms with Crippen LogP contribution < -0.4 is 10.5 Å². The highest BCUT2D eigenvalue weighted by Gasteiger charge is 2.05. The van der Waals surface area contributed by atoms with Gasteiger partial charge in [0.25, 0.3) is 0 Å². The highest BCUT2D eigenvalue weighted by atomic mass is 16.7. The number of fused-ring (bicyclic) bond motifs is 1. The Kier molecular flexibility index (Phi) is 5.71. The van der Waals surface area contributed by atoms with Crippen LogP contribution in [0.3, 0.4) is 0 Å². The first-order valence-corrected chi connectivity index (χ1v) is 7.19. The summed E-state index contributed by atoms with van der Waals surface area (Å²) >= 11 is 0. The van der Waals surface area contributed by atoms with Crippen molar-refractivity contribution in [3.05, 3.63) is 36.5 Å². The van der Waals surface area contributed by atoms with E-state index >= 15 is 0 Å². The Morgan fingerprint density at radius 1 is 1.32 bits per heavy atom. The molecule has 1 heterocycles. The number of nitrogens with two attached hydrogens (primary N) is 1. The molecule has 0 spiro atoms. The average Bonchev–Trinajstić information content (AvgIpc) is 2.56. The SMILES string of the molecule is CCCCC(=O)O/N=C(\N)COc1cccc2cccnc12. The standard InChI is InChI=1S/C16H19N3O3/c1-2-3-9-15(20)22-19-14(17)11-21-13-8-4-6-12-7-5-10-18-16(12)13/h4-8,10H,2-3,9,11H2,1H3,(H2,17,19). The number of para-hydroxylation sites is 1. The van der Waals surface area contributed by atoms with Crippen molar-refractivity contribution < 1.29 is 14.4 Å². The Balaban J connectivity index is 1.92. The van der Waals surface area contributed by atoms with Crippen LogP contribution in [0.5, 0.6) is 5.75 Å². The lowest BCUT2D eigenvalue weighted by Crippen LogP contribution is -2.22. The summed E-state index contributed by atoms with van der Waals surface area (Å²) in [6.07, 6.45) is 3.72. The topological polar surface area (TPSA) is 86.8 Å². The maximum atomic E-state index is 11.3. The van der Waals surface area contributed by atoms with E-state index in [0.29, 0.717) is 12.2 Å². The average molecular weight is 301 g/mol. The van der Waals surface area contributed by atoms with Gasteiger partial charge in [-0.15, -0.1) is 0 Å². The molecule has 116 valence electrons. The first kappa shape index (κ1) is 15.8. The number of carbonyl (C=O) groups excluding carboxylic acids is 1. The van der Waals surface area contributed by atoms with E-state index < -0.39 is 5.97 Å². The van der Waals surface area contributed by atoms with Crippen LogP contribution in [0.1, 0.15) is 26.2 Å². The van der Waals surface area contributed by atoms with Crippen molar-refractivity contribution in [2.75, 3.05) is 6.61 Å². The molecule has 1 aromatic carbocycles. The predicted molar refractivity (Wildman–Crippen MR) is 84.5 cm³/mol. The lowest BCUT2D eigenvalue weighted by Gasteiger charge is -2.07. The largest absolute Gasteiger partial charge is 0.483 e. The van der Waals surface area contributed by atoms with E-state index in [4.69, 9.17) is 15.3 Å². The summed E-state index contributed by atoms with van der Waals surface area (Å²) in [5.41, 5.74) is 6.42. The number of amidine groups is 1. The zero-order valence-corrected chi connectivity index (χ0v) is 12.5. The first-order valence-electron chi connectivity index (χ1n) is 7.19. The van der Waals surface area contributed by atoms with Crippen molar-refractivity contribution in [2.45, 2.75) is 26.2 Å². The molecule has 1 aromatic heterocycles. The highest BCUT2D eigenvalue weighted by Crippen LogP contribution is 2.22. The van der Waals surface area contributed by atoms with Gasteiger partial charge >= 0.3 is 5.97 Å². The van der Waals surface area contributed by atoms with Crippen LogP contribution in [0.15, 0.2) is 41.7 Å². The van der Waals surface area contributed by atoms with Gasteiger partial charge in [-0.25, -0.2) is 4.79 Å². The second-order valence-corrected chi connectivity index (χ2v) is 4.77. The number of oxime groups is 1. The number of hydrogen-bond acceptors (Lipinski definition) is 5. The third-order valence-corrected chi connectivity index (χ3v) is 2.97. The molecular weight excluding hydrogens is 282 g/mol. The van der Waals surface area contributed by atoms with E-state index in [9.17, 15) is 4.79 Å². The number of rotatable bonds is 7. The normalized spacial score (nSPS) is 11.4. The smallest absolute Gasteiger partial charge is 0.335 e. The molecule has 22 heavy (non-hydrogen) atoms. The third kappa shape index (κ3) is 4.44. The fourth-order valence-electron chi connectivity index (χ4n) is 1.85. The number of nitrogens with zero attached hydrogens (tertiary/aromatic N) is 2. The summed E-state index contributed by atoms with van der Waals surface area (Å²) < 4.78 is 5.58. The van der Waals surface area contributed by atoms with E-state index in [1.807, 2.05) is 31.2 Å². The van der Waals surface area contributed by atoms with Gasteiger partial charge in [-0.3, -0.25) is 4.98 Å². The van der Waals surface area contributed by atoms with Crippen molar-refractivity contribution in [2.24, 2.45) is 10.9 Å². The summed E-state index contributed by atoms with van der Waals surface area (Å²) in [5, 5.41) is 4.55. The molecule has 0 unspecified atom stereocenters. The molecular formula is C16H19N3O3. The maximum absolute atomic E-state index is 11.3. The Bertz CT molecular complexity index is 665. The molecule has 0 amide bonds. The van der Waals surface area contributed by atoms with Gasteiger partial charge in [0.2, 0.25) is 0 Å². The van der Waals surface area contributed by atoms with Crippen LogP contribution in [-0.2, 0) is 9.63 Å². The van der Waals surface area contributed by atoms with Crippen LogP contribution in [0.2, 0.25) is 0 Å². The van der Waals surface area contributed by atoms with Gasteiger partial charge in [0, 0.05) is 18.0 Å². The monoisotopic (exact) mass is 301 g/mol. The minimum Gasteiger partial charge on any atom is -0.483 e. The maximum Gasteiger partial charge on any atom is 0.335 e. The van der Waals surface area contributed by atoms with Crippen LogP contribution in [0, 0.1) is 0 Å². The molecule has 0 aliphatic heterocycles. The van der Waals surface area contributed by atoms with Crippen molar-refractivity contribution in [3.63, 3.8) is 0 Å². The summed E-state index contributed by atoms with van der Waals surface area (Å²) in [5.74, 6) is 0.308. The van der Waals surface area contributed by atoms with Crippen molar-refractivity contribution in [3.8, 4) is 5.75 Å². The van der Waals surface area contributed by atoms with Crippen LogP contribution in [0.4, 0.5) is 0 Å². The molecule has 2 aromatic rings. The number of benzene rings is 1. The van der Waals surface area contributed by atoms with Gasteiger partial charge in [0.05, 0.1) is 0 Å². The fraction of sp³-hybridized carbons (Fsp3) is 0.312. The minimum atomic E-state index is -0.392. The van der Waals surface area contributed by atoms with Crippen molar-refractivity contribution in [1.82, 2.24) is 4.98 Å². The number of hydrogen-bond donors (Lipinski definition) is 1. The molecule has 0 bridgehead atoms. The molecule has 6 heteroatoms. The predicted octanol–water partition coefficient (Wildman–Crippen LogP) is 2.62. The molecule has 0 aliphatic rings. The summed E-state index contributed by atoms with van der Waals surface area (Å²) in [4.78, 5) is 20.3. The number of aromatic nitrogens is 1. The van der Waals surface area contributed by atoms with E-state index in [2.05, 4.69) is 10.1 Å². The van der Waals surface area contributed by atoms with Crippen LogP contribution in [0.25, 0.3) is 10.9 Å². The van der Waals surface area contributed by atoms with Gasteiger partial charge in [-0.1, -0.05) is 36.7 Å². The summed E-state index contributed by atoms with van der Waals surface area (Å²) in [6.45, 7) is 2.02. The number of unbranched alkanes of at least 4 members (excludes halogenated alkanes) is 1. The van der Waals surface area contributed by atoms with E-state index in [1.54, 1.807) is 12.3 Å². The molecule has 2 N–H and O–H groups in total. The second-order valence-electron chi connectivity index (χ2n) is 4.77. The van der Waals surface area contributed by atoms with Gasteiger partial charge in [-0.05, 0) is 18.6 Å². The summed E-state index contributed by atoms with van der Waals surface area (Å²) in [7, 11) is 0. The third-order valence-electron chi connectivity index (χ3n) is 2.97. The quantitative estimate of drug-likeness (QED) is 0.367. The summed E-state index contributed by atoms with van der Waals surface area (Å²) in [6, 6.07) is 9.43. The van der Waals surface area contributed by atoms with Gasteiger partial charge in [0.15, 0.2) is 5.84 Å². The Morgan fingerprint density at radius 2 is 2.14 bits per heavy atom. The number of pyridine rings is 1. The van der Waals surface area contributed by atoms with Crippen molar-refractivity contribution >= 4 is 22.7 Å². The molecule has 0 atom stereocenters. The Morgan fingerprint density at radius 3 is 2.95 bits per heavy atom. The fourth-order valence-corrected chi connectivity index (χ4v) is 1.85.